The molecule has 144 valence electrons. The summed E-state index contributed by atoms with van der Waals surface area (Å²) in [6.07, 6.45) is 5.06. The molecule has 3 rings (SSSR count). The molecule has 0 saturated carbocycles. The molecule has 1 atom stereocenters. The fourth-order valence-corrected chi connectivity index (χ4v) is 4.51. The number of likely N-dealkylation sites (tertiary alicyclic amines) is 1. The van der Waals surface area contributed by atoms with Gasteiger partial charge in [-0.05, 0) is 68.8 Å². The molecule has 2 saturated heterocycles. The van der Waals surface area contributed by atoms with Crippen molar-refractivity contribution in [2.75, 3.05) is 39.4 Å². The number of carbonyl (C=O) groups excluding carboxylic acids is 1. The lowest BCUT2D eigenvalue weighted by Crippen LogP contribution is -2.48. The minimum absolute atomic E-state index is 0.120. The zero-order chi connectivity index (χ0) is 18.4. The van der Waals surface area contributed by atoms with Crippen LogP contribution in [0.15, 0.2) is 24.3 Å². The minimum Gasteiger partial charge on any atom is -0.381 e. The molecule has 1 amide bonds. The molecule has 0 aromatic heterocycles. The van der Waals surface area contributed by atoms with Crippen LogP contribution in [-0.2, 0) is 14.9 Å². The average Bonchev–Trinajstić information content (AvgIpc) is 2.65. The molecule has 1 N–H and O–H groups in total. The van der Waals surface area contributed by atoms with E-state index in [-0.39, 0.29) is 5.91 Å². The maximum atomic E-state index is 13.1. The van der Waals surface area contributed by atoms with E-state index in [4.69, 9.17) is 16.3 Å². The molecule has 2 fully saturated rings. The molecule has 1 aromatic rings. The van der Waals surface area contributed by atoms with Crippen molar-refractivity contribution in [3.8, 4) is 0 Å². The number of hydrogen-bond acceptors (Lipinski definition) is 3. The van der Waals surface area contributed by atoms with Crippen molar-refractivity contribution in [2.45, 2.75) is 44.4 Å². The molecular weight excluding hydrogens is 348 g/mol. The second-order valence-corrected chi connectivity index (χ2v) is 8.30. The first-order chi connectivity index (χ1) is 12.6. The number of benzene rings is 1. The van der Waals surface area contributed by atoms with Crippen LogP contribution in [0, 0.1) is 5.92 Å². The van der Waals surface area contributed by atoms with E-state index in [2.05, 4.69) is 17.1 Å². The Balaban J connectivity index is 1.56. The van der Waals surface area contributed by atoms with Crippen LogP contribution >= 0.6 is 11.6 Å². The number of ether oxygens (including phenoxy) is 1. The van der Waals surface area contributed by atoms with Crippen LogP contribution in [0.1, 0.15) is 44.6 Å². The molecular formula is C21H31ClN2O2. The molecule has 0 radical (unpaired) electrons. The molecule has 1 aromatic carbocycles. The summed E-state index contributed by atoms with van der Waals surface area (Å²) in [5.74, 6) is 0.918. The maximum Gasteiger partial charge on any atom is 0.230 e. The van der Waals surface area contributed by atoms with Crippen molar-refractivity contribution in [1.29, 1.82) is 0 Å². The van der Waals surface area contributed by atoms with E-state index in [1.54, 1.807) is 0 Å². The van der Waals surface area contributed by atoms with Gasteiger partial charge in [-0.15, -0.1) is 0 Å². The van der Waals surface area contributed by atoms with Gasteiger partial charge in [0.25, 0.3) is 0 Å². The highest BCUT2D eigenvalue weighted by Crippen LogP contribution is 2.36. The molecule has 0 bridgehead atoms. The van der Waals surface area contributed by atoms with Crippen LogP contribution in [0.5, 0.6) is 0 Å². The second-order valence-electron chi connectivity index (χ2n) is 7.86. The summed E-state index contributed by atoms with van der Waals surface area (Å²) in [6, 6.07) is 7.74. The van der Waals surface area contributed by atoms with Crippen LogP contribution in [0.25, 0.3) is 0 Å². The zero-order valence-corrected chi connectivity index (χ0v) is 16.6. The van der Waals surface area contributed by atoms with Crippen molar-refractivity contribution in [3.63, 3.8) is 0 Å². The molecule has 2 heterocycles. The predicted octanol–water partition coefficient (Wildman–Crippen LogP) is 3.63. The van der Waals surface area contributed by atoms with Crippen molar-refractivity contribution >= 4 is 17.5 Å². The first-order valence-corrected chi connectivity index (χ1v) is 10.3. The van der Waals surface area contributed by atoms with Gasteiger partial charge < -0.3 is 15.0 Å². The van der Waals surface area contributed by atoms with E-state index in [9.17, 15) is 4.79 Å². The highest BCUT2D eigenvalue weighted by atomic mass is 35.5. The lowest BCUT2D eigenvalue weighted by Gasteiger charge is -2.36. The number of nitrogens with zero attached hydrogens (tertiary/aromatic N) is 1. The second kappa shape index (κ2) is 9.20. The molecule has 4 nitrogen and oxygen atoms in total. The monoisotopic (exact) mass is 378 g/mol. The first-order valence-electron chi connectivity index (χ1n) is 9.95. The van der Waals surface area contributed by atoms with E-state index in [0.717, 1.165) is 31.0 Å². The summed E-state index contributed by atoms with van der Waals surface area (Å²) in [4.78, 5) is 15.6. The maximum absolute atomic E-state index is 13.1. The van der Waals surface area contributed by atoms with E-state index in [1.807, 2.05) is 24.3 Å². The molecule has 0 spiro atoms. The Hall–Kier alpha value is -1.10. The third-order valence-electron chi connectivity index (χ3n) is 5.84. The van der Waals surface area contributed by atoms with Crippen LogP contribution in [0.4, 0.5) is 0 Å². The normalized spacial score (nSPS) is 23.5. The van der Waals surface area contributed by atoms with Crippen molar-refractivity contribution in [3.05, 3.63) is 34.9 Å². The van der Waals surface area contributed by atoms with Gasteiger partial charge in [0.15, 0.2) is 0 Å². The van der Waals surface area contributed by atoms with Crippen molar-refractivity contribution < 1.29 is 9.53 Å². The standard InChI is InChI=1S/C21H31ClN2O2/c1-17-5-3-11-24(16-17)12-4-10-23-20(25)21(8-13-26-14-9-21)18-6-2-7-19(22)15-18/h2,6-7,15,17H,3-5,8-14,16H2,1H3,(H,23,25). The summed E-state index contributed by atoms with van der Waals surface area (Å²) in [5, 5.41) is 3.88. The number of rotatable bonds is 6. The van der Waals surface area contributed by atoms with Gasteiger partial charge in [-0.1, -0.05) is 30.7 Å². The van der Waals surface area contributed by atoms with E-state index < -0.39 is 5.41 Å². The topological polar surface area (TPSA) is 41.6 Å². The number of amides is 1. The number of hydrogen-bond donors (Lipinski definition) is 1. The van der Waals surface area contributed by atoms with Gasteiger partial charge in [-0.25, -0.2) is 0 Å². The summed E-state index contributed by atoms with van der Waals surface area (Å²) in [5.41, 5.74) is 0.499. The van der Waals surface area contributed by atoms with Gasteiger partial charge in [0, 0.05) is 31.3 Å². The Bertz CT molecular complexity index is 601. The van der Waals surface area contributed by atoms with Crippen LogP contribution < -0.4 is 5.32 Å². The molecule has 2 aliphatic heterocycles. The van der Waals surface area contributed by atoms with Gasteiger partial charge in [0.2, 0.25) is 5.91 Å². The lowest BCUT2D eigenvalue weighted by atomic mass is 9.73. The molecule has 2 aliphatic rings. The third kappa shape index (κ3) is 4.79. The predicted molar refractivity (Wildman–Crippen MR) is 106 cm³/mol. The fourth-order valence-electron chi connectivity index (χ4n) is 4.32. The average molecular weight is 379 g/mol. The van der Waals surface area contributed by atoms with E-state index >= 15 is 0 Å². The minimum atomic E-state index is -0.511. The summed E-state index contributed by atoms with van der Waals surface area (Å²) >= 11 is 6.19. The van der Waals surface area contributed by atoms with E-state index in [0.29, 0.717) is 31.1 Å². The molecule has 1 unspecified atom stereocenters. The Morgan fingerprint density at radius 1 is 1.38 bits per heavy atom. The quantitative estimate of drug-likeness (QED) is 0.768. The summed E-state index contributed by atoms with van der Waals surface area (Å²) in [7, 11) is 0. The fraction of sp³-hybridized carbons (Fsp3) is 0.667. The number of carbonyl (C=O) groups is 1. The van der Waals surface area contributed by atoms with Crippen LogP contribution in [0.3, 0.4) is 0 Å². The van der Waals surface area contributed by atoms with Gasteiger partial charge in [0.1, 0.15) is 0 Å². The Morgan fingerprint density at radius 3 is 2.92 bits per heavy atom. The van der Waals surface area contributed by atoms with Gasteiger partial charge >= 0.3 is 0 Å². The smallest absolute Gasteiger partial charge is 0.230 e. The van der Waals surface area contributed by atoms with E-state index in [1.165, 1.54) is 25.9 Å². The highest BCUT2D eigenvalue weighted by molar-refractivity contribution is 6.30. The largest absolute Gasteiger partial charge is 0.381 e. The Kier molecular flexibility index (Phi) is 6.96. The SMILES string of the molecule is CC1CCCN(CCCNC(=O)C2(c3cccc(Cl)c3)CCOCC2)C1. The lowest BCUT2D eigenvalue weighted by molar-refractivity contribution is -0.130. The summed E-state index contributed by atoms with van der Waals surface area (Å²) < 4.78 is 5.52. The number of halogens is 1. The molecule has 0 aliphatic carbocycles. The Labute approximate surface area is 162 Å². The zero-order valence-electron chi connectivity index (χ0n) is 15.8. The number of nitrogens with one attached hydrogen (secondary N) is 1. The van der Waals surface area contributed by atoms with Gasteiger partial charge in [-0.3, -0.25) is 4.79 Å². The summed E-state index contributed by atoms with van der Waals surface area (Å²) in [6.45, 7) is 7.75. The van der Waals surface area contributed by atoms with Gasteiger partial charge in [0.05, 0.1) is 5.41 Å². The highest BCUT2D eigenvalue weighted by Gasteiger charge is 2.41. The third-order valence-corrected chi connectivity index (χ3v) is 6.07. The molecule has 5 heteroatoms. The van der Waals surface area contributed by atoms with Crippen LogP contribution in [-0.4, -0.2) is 50.2 Å². The van der Waals surface area contributed by atoms with Crippen molar-refractivity contribution in [2.24, 2.45) is 5.92 Å². The number of piperidine rings is 1. The van der Waals surface area contributed by atoms with Gasteiger partial charge in [-0.2, -0.15) is 0 Å². The van der Waals surface area contributed by atoms with Crippen molar-refractivity contribution in [1.82, 2.24) is 10.2 Å². The molecule has 26 heavy (non-hydrogen) atoms. The Morgan fingerprint density at radius 2 is 2.19 bits per heavy atom. The first kappa shape index (κ1) is 19.7. The van der Waals surface area contributed by atoms with Crippen LogP contribution in [0.2, 0.25) is 5.02 Å².